The standard InChI is InChI=1S/C13H11ClF4N2O3/c14-5-1-6(10(19)9(15)2-5)11(21)20-3-7(12(22)23)8(4-20)13(16,17)18/h1-2,7-8H,3-4,19H2,(H,22,23)/t7-,8-/m1/s1. The maximum atomic E-state index is 13.5. The normalized spacial score (nSPS) is 21.5. The van der Waals surface area contributed by atoms with Gasteiger partial charge in [0, 0.05) is 18.1 Å². The number of likely N-dealkylation sites (tertiary alicyclic amines) is 1. The lowest BCUT2D eigenvalue weighted by Crippen LogP contribution is -2.34. The number of nitrogens with zero attached hydrogens (tertiary/aromatic N) is 1. The van der Waals surface area contributed by atoms with Gasteiger partial charge in [-0.05, 0) is 12.1 Å². The van der Waals surface area contributed by atoms with E-state index in [1.807, 2.05) is 0 Å². The minimum atomic E-state index is -4.77. The van der Waals surface area contributed by atoms with E-state index in [9.17, 15) is 27.2 Å². The third kappa shape index (κ3) is 3.34. The van der Waals surface area contributed by atoms with Crippen molar-refractivity contribution in [1.29, 1.82) is 0 Å². The van der Waals surface area contributed by atoms with Crippen molar-refractivity contribution in [3.05, 3.63) is 28.5 Å². The zero-order chi connectivity index (χ0) is 17.5. The minimum absolute atomic E-state index is 0.151. The van der Waals surface area contributed by atoms with E-state index in [-0.39, 0.29) is 5.02 Å². The Kier molecular flexibility index (Phi) is 4.43. The van der Waals surface area contributed by atoms with Crippen molar-refractivity contribution >= 4 is 29.2 Å². The van der Waals surface area contributed by atoms with E-state index in [1.54, 1.807) is 0 Å². The molecule has 0 aliphatic carbocycles. The molecule has 1 aromatic carbocycles. The molecule has 1 fully saturated rings. The lowest BCUT2D eigenvalue weighted by Gasteiger charge is -2.19. The predicted molar refractivity (Wildman–Crippen MR) is 72.4 cm³/mol. The number of nitrogen functional groups attached to an aromatic ring is 1. The summed E-state index contributed by atoms with van der Waals surface area (Å²) in [6.45, 7) is -1.49. The Balaban J connectivity index is 2.33. The first-order chi connectivity index (χ1) is 10.5. The largest absolute Gasteiger partial charge is 0.481 e. The lowest BCUT2D eigenvalue weighted by atomic mass is 9.96. The van der Waals surface area contributed by atoms with Crippen molar-refractivity contribution in [1.82, 2.24) is 4.90 Å². The topological polar surface area (TPSA) is 83.6 Å². The van der Waals surface area contributed by atoms with Crippen LogP contribution in [-0.2, 0) is 4.79 Å². The molecule has 1 saturated heterocycles. The number of hydrogen-bond acceptors (Lipinski definition) is 3. The molecule has 0 spiro atoms. The molecule has 0 unspecified atom stereocenters. The van der Waals surface area contributed by atoms with Crippen molar-refractivity contribution in [3.8, 4) is 0 Å². The lowest BCUT2D eigenvalue weighted by molar-refractivity contribution is -0.187. The van der Waals surface area contributed by atoms with E-state index in [0.29, 0.717) is 4.90 Å². The number of carboxylic acids is 1. The van der Waals surface area contributed by atoms with Crippen molar-refractivity contribution in [2.45, 2.75) is 6.18 Å². The van der Waals surface area contributed by atoms with Crippen LogP contribution in [0.5, 0.6) is 0 Å². The molecule has 23 heavy (non-hydrogen) atoms. The zero-order valence-electron chi connectivity index (χ0n) is 11.4. The Hall–Kier alpha value is -2.03. The van der Waals surface area contributed by atoms with Crippen molar-refractivity contribution in [2.75, 3.05) is 18.8 Å². The van der Waals surface area contributed by atoms with Crippen LogP contribution in [0.1, 0.15) is 10.4 Å². The molecule has 126 valence electrons. The molecule has 1 aliphatic rings. The first-order valence-electron chi connectivity index (χ1n) is 6.35. The quantitative estimate of drug-likeness (QED) is 0.631. The molecule has 10 heteroatoms. The van der Waals surface area contributed by atoms with Gasteiger partial charge < -0.3 is 15.7 Å². The van der Waals surface area contributed by atoms with Crippen LogP contribution in [0, 0.1) is 17.7 Å². The molecule has 1 aliphatic heterocycles. The van der Waals surface area contributed by atoms with Gasteiger partial charge in [-0.2, -0.15) is 13.2 Å². The zero-order valence-corrected chi connectivity index (χ0v) is 12.2. The molecule has 2 atom stereocenters. The molecule has 0 bridgehead atoms. The summed E-state index contributed by atoms with van der Waals surface area (Å²) >= 11 is 5.61. The number of halogens is 5. The monoisotopic (exact) mass is 354 g/mol. The molecule has 1 heterocycles. The van der Waals surface area contributed by atoms with Crippen molar-refractivity contribution in [2.24, 2.45) is 11.8 Å². The first kappa shape index (κ1) is 17.3. The van der Waals surface area contributed by atoms with Crippen LogP contribution in [0.2, 0.25) is 5.02 Å². The highest BCUT2D eigenvalue weighted by Crippen LogP contribution is 2.38. The summed E-state index contributed by atoms with van der Waals surface area (Å²) in [5.41, 5.74) is 4.46. The number of carboxylic acid groups (broad SMARTS) is 1. The highest BCUT2D eigenvalue weighted by Gasteiger charge is 2.53. The van der Waals surface area contributed by atoms with Gasteiger partial charge in [0.1, 0.15) is 5.82 Å². The fraction of sp³-hybridized carbons (Fsp3) is 0.385. The number of aliphatic carboxylic acids is 1. The van der Waals surface area contributed by atoms with Gasteiger partial charge >= 0.3 is 12.1 Å². The SMILES string of the molecule is Nc1c(F)cc(Cl)cc1C(=O)N1C[C@@H](C(F)(F)F)[C@H](C(=O)O)C1. The number of benzene rings is 1. The third-order valence-electron chi connectivity index (χ3n) is 3.67. The Labute approximate surface area is 132 Å². The van der Waals surface area contributed by atoms with Gasteiger partial charge in [-0.1, -0.05) is 11.6 Å². The average molecular weight is 355 g/mol. The number of alkyl halides is 3. The van der Waals surface area contributed by atoms with Crippen LogP contribution in [0.4, 0.5) is 23.2 Å². The number of carbonyl (C=O) groups excluding carboxylic acids is 1. The number of carbonyl (C=O) groups is 2. The van der Waals surface area contributed by atoms with E-state index in [4.69, 9.17) is 22.4 Å². The molecule has 0 aromatic heterocycles. The van der Waals surface area contributed by atoms with Gasteiger partial charge in [0.2, 0.25) is 0 Å². The van der Waals surface area contributed by atoms with E-state index in [1.165, 1.54) is 0 Å². The first-order valence-corrected chi connectivity index (χ1v) is 6.73. The Bertz CT molecular complexity index is 665. The highest BCUT2D eigenvalue weighted by molar-refractivity contribution is 6.31. The van der Waals surface area contributed by atoms with Gasteiger partial charge in [-0.25, -0.2) is 4.39 Å². The second-order valence-corrected chi connectivity index (χ2v) is 5.59. The number of amides is 1. The average Bonchev–Trinajstić information content (AvgIpc) is 2.87. The summed E-state index contributed by atoms with van der Waals surface area (Å²) in [6, 6.07) is 1.88. The van der Waals surface area contributed by atoms with Crippen LogP contribution in [0.15, 0.2) is 12.1 Å². The van der Waals surface area contributed by atoms with E-state index < -0.39 is 60.0 Å². The number of nitrogens with two attached hydrogens (primary N) is 1. The maximum Gasteiger partial charge on any atom is 0.394 e. The molecule has 3 N–H and O–H groups in total. The van der Waals surface area contributed by atoms with E-state index in [2.05, 4.69) is 0 Å². The Morgan fingerprint density at radius 2 is 1.91 bits per heavy atom. The van der Waals surface area contributed by atoms with E-state index >= 15 is 0 Å². The fourth-order valence-corrected chi connectivity index (χ4v) is 2.69. The molecular formula is C13H11ClF4N2O3. The van der Waals surface area contributed by atoms with Gasteiger partial charge in [0.15, 0.2) is 0 Å². The summed E-state index contributed by atoms with van der Waals surface area (Å²) < 4.78 is 52.2. The predicted octanol–water partition coefficient (Wildman–Crippen LogP) is 2.40. The van der Waals surface area contributed by atoms with Gasteiger partial charge in [0.05, 0.1) is 23.1 Å². The minimum Gasteiger partial charge on any atom is -0.481 e. The summed E-state index contributed by atoms with van der Waals surface area (Å²) in [7, 11) is 0. The molecule has 2 rings (SSSR count). The smallest absolute Gasteiger partial charge is 0.394 e. The van der Waals surface area contributed by atoms with Crippen molar-refractivity contribution < 1.29 is 32.3 Å². The summed E-state index contributed by atoms with van der Waals surface area (Å²) in [5, 5.41) is 8.76. The van der Waals surface area contributed by atoms with E-state index in [0.717, 1.165) is 12.1 Å². The molecule has 0 radical (unpaired) electrons. The van der Waals surface area contributed by atoms with Gasteiger partial charge in [0.25, 0.3) is 5.91 Å². The number of hydrogen-bond donors (Lipinski definition) is 2. The Morgan fingerprint density at radius 1 is 1.30 bits per heavy atom. The van der Waals surface area contributed by atoms with Crippen molar-refractivity contribution in [3.63, 3.8) is 0 Å². The van der Waals surface area contributed by atoms with Crippen LogP contribution >= 0.6 is 11.6 Å². The molecule has 0 saturated carbocycles. The number of rotatable bonds is 2. The molecular weight excluding hydrogens is 344 g/mol. The molecule has 5 nitrogen and oxygen atoms in total. The Morgan fingerprint density at radius 3 is 2.39 bits per heavy atom. The highest BCUT2D eigenvalue weighted by atomic mass is 35.5. The van der Waals surface area contributed by atoms with Crippen LogP contribution < -0.4 is 5.73 Å². The number of anilines is 1. The third-order valence-corrected chi connectivity index (χ3v) is 3.89. The summed E-state index contributed by atoms with van der Waals surface area (Å²) in [4.78, 5) is 24.0. The van der Waals surface area contributed by atoms with Crippen LogP contribution in [-0.4, -0.2) is 41.1 Å². The molecule has 1 aromatic rings. The second-order valence-electron chi connectivity index (χ2n) is 5.15. The van der Waals surface area contributed by atoms with Gasteiger partial charge in [-0.3, -0.25) is 9.59 Å². The molecule has 1 amide bonds. The fourth-order valence-electron chi connectivity index (χ4n) is 2.48. The summed E-state index contributed by atoms with van der Waals surface area (Å²) in [6.07, 6.45) is -4.77. The van der Waals surface area contributed by atoms with Crippen LogP contribution in [0.25, 0.3) is 0 Å². The van der Waals surface area contributed by atoms with Gasteiger partial charge in [-0.15, -0.1) is 0 Å². The summed E-state index contributed by atoms with van der Waals surface area (Å²) in [5.74, 6) is -7.63. The van der Waals surface area contributed by atoms with Crippen LogP contribution in [0.3, 0.4) is 0 Å². The second kappa shape index (κ2) is 5.88. The maximum absolute atomic E-state index is 13.5.